The molecule has 1 rings (SSSR count). The summed E-state index contributed by atoms with van der Waals surface area (Å²) in [5.74, 6) is 0. The van der Waals surface area contributed by atoms with E-state index in [1.807, 2.05) is 6.07 Å². The number of benzene rings is 1. The second-order valence-electron chi connectivity index (χ2n) is 4.35. The number of nitrogens with zero attached hydrogens (tertiary/aromatic N) is 1. The smallest absolute Gasteiger partial charge is 0.0602 e. The molecule has 0 amide bonds. The normalized spacial score (nSPS) is 10.7. The van der Waals surface area contributed by atoms with E-state index in [9.17, 15) is 0 Å². The van der Waals surface area contributed by atoms with Gasteiger partial charge in [-0.05, 0) is 44.9 Å². The van der Waals surface area contributed by atoms with Gasteiger partial charge in [-0.25, -0.2) is 0 Å². The first-order valence-corrected chi connectivity index (χ1v) is 5.69. The number of hydrogen-bond donors (Lipinski definition) is 1. The second kappa shape index (κ2) is 5.06. The van der Waals surface area contributed by atoms with Crippen molar-refractivity contribution in [2.75, 3.05) is 17.2 Å². The van der Waals surface area contributed by atoms with Crippen LogP contribution in [0.3, 0.4) is 0 Å². The molecule has 0 saturated carbocycles. The molecule has 15 heavy (non-hydrogen) atoms. The minimum absolute atomic E-state index is 0.495. The minimum atomic E-state index is 0.495. The van der Waals surface area contributed by atoms with Crippen molar-refractivity contribution in [3.05, 3.63) is 23.8 Å². The van der Waals surface area contributed by atoms with Crippen molar-refractivity contribution in [1.82, 2.24) is 0 Å². The summed E-state index contributed by atoms with van der Waals surface area (Å²) < 4.78 is 0. The number of rotatable bonds is 4. The molecule has 0 atom stereocenters. The van der Waals surface area contributed by atoms with E-state index in [0.29, 0.717) is 6.04 Å². The molecular weight excluding hydrogens is 184 g/mol. The summed E-state index contributed by atoms with van der Waals surface area (Å²) in [6, 6.07) is 6.78. The molecule has 0 unspecified atom stereocenters. The van der Waals surface area contributed by atoms with Gasteiger partial charge in [0.05, 0.1) is 11.4 Å². The van der Waals surface area contributed by atoms with E-state index in [-0.39, 0.29) is 0 Å². The third-order valence-corrected chi connectivity index (χ3v) is 2.58. The van der Waals surface area contributed by atoms with E-state index >= 15 is 0 Å². The van der Waals surface area contributed by atoms with Crippen LogP contribution in [0.1, 0.15) is 32.8 Å². The Hall–Kier alpha value is -1.18. The number of anilines is 2. The highest BCUT2D eigenvalue weighted by molar-refractivity contribution is 5.68. The third-order valence-electron chi connectivity index (χ3n) is 2.58. The van der Waals surface area contributed by atoms with Gasteiger partial charge in [0.2, 0.25) is 0 Å². The number of nitrogen functional groups attached to an aromatic ring is 1. The molecule has 2 N–H and O–H groups in total. The molecule has 2 nitrogen and oxygen atoms in total. The zero-order valence-electron chi connectivity index (χ0n) is 10.2. The van der Waals surface area contributed by atoms with Gasteiger partial charge in [0, 0.05) is 12.6 Å². The maximum Gasteiger partial charge on any atom is 0.0602 e. The summed E-state index contributed by atoms with van der Waals surface area (Å²) in [6.07, 6.45) is 1.14. The lowest BCUT2D eigenvalue weighted by Crippen LogP contribution is -2.32. The molecule has 1 aromatic rings. The van der Waals surface area contributed by atoms with E-state index in [1.165, 1.54) is 5.56 Å². The van der Waals surface area contributed by atoms with Gasteiger partial charge in [-0.15, -0.1) is 0 Å². The van der Waals surface area contributed by atoms with E-state index < -0.39 is 0 Å². The van der Waals surface area contributed by atoms with Gasteiger partial charge in [-0.3, -0.25) is 0 Å². The number of nitrogens with two attached hydrogens (primary N) is 1. The van der Waals surface area contributed by atoms with Crippen LogP contribution < -0.4 is 10.6 Å². The Bertz CT molecular complexity index is 318. The fourth-order valence-electron chi connectivity index (χ4n) is 1.83. The summed E-state index contributed by atoms with van der Waals surface area (Å²) in [7, 11) is 0. The van der Waals surface area contributed by atoms with Crippen LogP contribution in [-0.2, 0) is 0 Å². The minimum Gasteiger partial charge on any atom is -0.397 e. The van der Waals surface area contributed by atoms with Crippen LogP contribution in [0, 0.1) is 6.92 Å². The number of hydrogen-bond acceptors (Lipinski definition) is 2. The Morgan fingerprint density at radius 2 is 2.00 bits per heavy atom. The lowest BCUT2D eigenvalue weighted by Gasteiger charge is -2.29. The molecule has 0 heterocycles. The van der Waals surface area contributed by atoms with Gasteiger partial charge in [0.1, 0.15) is 0 Å². The van der Waals surface area contributed by atoms with Gasteiger partial charge in [0.25, 0.3) is 0 Å². The van der Waals surface area contributed by atoms with Crippen molar-refractivity contribution in [3.8, 4) is 0 Å². The summed E-state index contributed by atoms with van der Waals surface area (Å²) in [5.41, 5.74) is 9.32. The van der Waals surface area contributed by atoms with Gasteiger partial charge < -0.3 is 10.6 Å². The predicted molar refractivity (Wildman–Crippen MR) is 68.4 cm³/mol. The third kappa shape index (κ3) is 2.88. The molecule has 0 fully saturated rings. The Balaban J connectivity index is 3.00. The first-order chi connectivity index (χ1) is 7.06. The molecule has 0 aliphatic carbocycles. The van der Waals surface area contributed by atoms with Crippen molar-refractivity contribution in [2.24, 2.45) is 0 Å². The SMILES string of the molecule is CCCN(c1ccc(C)cc1N)C(C)C. The monoisotopic (exact) mass is 206 g/mol. The van der Waals surface area contributed by atoms with Crippen LogP contribution in [0.5, 0.6) is 0 Å². The molecule has 0 saturated heterocycles. The van der Waals surface area contributed by atoms with E-state index in [4.69, 9.17) is 5.73 Å². The van der Waals surface area contributed by atoms with Crippen molar-refractivity contribution in [1.29, 1.82) is 0 Å². The Morgan fingerprint density at radius 3 is 2.47 bits per heavy atom. The topological polar surface area (TPSA) is 29.3 Å². The Kier molecular flexibility index (Phi) is 4.01. The Morgan fingerprint density at radius 1 is 1.33 bits per heavy atom. The second-order valence-corrected chi connectivity index (χ2v) is 4.35. The molecule has 0 aromatic heterocycles. The highest BCUT2D eigenvalue weighted by Crippen LogP contribution is 2.26. The fourth-order valence-corrected chi connectivity index (χ4v) is 1.83. The van der Waals surface area contributed by atoms with E-state index in [1.54, 1.807) is 0 Å². The lowest BCUT2D eigenvalue weighted by atomic mass is 10.1. The zero-order valence-corrected chi connectivity index (χ0v) is 10.2. The summed E-state index contributed by atoms with van der Waals surface area (Å²) in [6.45, 7) is 9.73. The van der Waals surface area contributed by atoms with E-state index in [2.05, 4.69) is 44.7 Å². The van der Waals surface area contributed by atoms with Crippen LogP contribution in [0.2, 0.25) is 0 Å². The molecule has 0 aliphatic rings. The summed E-state index contributed by atoms with van der Waals surface area (Å²) in [4.78, 5) is 2.36. The van der Waals surface area contributed by atoms with Crippen LogP contribution in [-0.4, -0.2) is 12.6 Å². The van der Waals surface area contributed by atoms with Crippen LogP contribution in [0.15, 0.2) is 18.2 Å². The summed E-state index contributed by atoms with van der Waals surface area (Å²) in [5, 5.41) is 0. The molecule has 84 valence electrons. The van der Waals surface area contributed by atoms with Gasteiger partial charge in [-0.2, -0.15) is 0 Å². The maximum atomic E-state index is 6.05. The first kappa shape index (κ1) is 11.9. The quantitative estimate of drug-likeness (QED) is 0.766. The molecule has 2 heteroatoms. The number of aryl methyl sites for hydroxylation is 1. The van der Waals surface area contributed by atoms with E-state index in [0.717, 1.165) is 24.3 Å². The van der Waals surface area contributed by atoms with Gasteiger partial charge in [0.15, 0.2) is 0 Å². The first-order valence-electron chi connectivity index (χ1n) is 5.69. The van der Waals surface area contributed by atoms with Gasteiger partial charge in [-0.1, -0.05) is 13.0 Å². The molecule has 1 aromatic carbocycles. The predicted octanol–water partition coefficient (Wildman–Crippen LogP) is 3.20. The van der Waals surface area contributed by atoms with Crippen molar-refractivity contribution in [2.45, 2.75) is 40.2 Å². The van der Waals surface area contributed by atoms with Crippen molar-refractivity contribution >= 4 is 11.4 Å². The highest BCUT2D eigenvalue weighted by Gasteiger charge is 2.11. The lowest BCUT2D eigenvalue weighted by molar-refractivity contribution is 0.672. The van der Waals surface area contributed by atoms with Gasteiger partial charge >= 0.3 is 0 Å². The maximum absolute atomic E-state index is 6.05. The highest BCUT2D eigenvalue weighted by atomic mass is 15.2. The van der Waals surface area contributed by atoms with Crippen molar-refractivity contribution in [3.63, 3.8) is 0 Å². The van der Waals surface area contributed by atoms with Crippen LogP contribution in [0.4, 0.5) is 11.4 Å². The van der Waals surface area contributed by atoms with Crippen LogP contribution in [0.25, 0.3) is 0 Å². The van der Waals surface area contributed by atoms with Crippen LogP contribution >= 0.6 is 0 Å². The Labute approximate surface area is 93.1 Å². The fraction of sp³-hybridized carbons (Fsp3) is 0.538. The molecule has 0 aliphatic heterocycles. The zero-order chi connectivity index (χ0) is 11.4. The molecule has 0 radical (unpaired) electrons. The average Bonchev–Trinajstić information content (AvgIpc) is 2.15. The molecule has 0 spiro atoms. The molecular formula is C13H22N2. The standard InChI is InChI=1S/C13H22N2/c1-5-8-15(10(2)3)13-7-6-11(4)9-12(13)14/h6-7,9-10H,5,8,14H2,1-4H3. The van der Waals surface area contributed by atoms with Crippen molar-refractivity contribution < 1.29 is 0 Å². The largest absolute Gasteiger partial charge is 0.397 e. The molecule has 0 bridgehead atoms. The summed E-state index contributed by atoms with van der Waals surface area (Å²) >= 11 is 0. The average molecular weight is 206 g/mol.